The van der Waals surface area contributed by atoms with Crippen molar-refractivity contribution in [3.63, 3.8) is 0 Å². The SMILES string of the molecule is CS(=O)(=O)N(Cc1ccccc1)c1cc(C(=O)CN(CCOc2cccc3c4c(oc23)CCCC4)Cc2ccccc2)ccc1Cl. The quantitative estimate of drug-likeness (QED) is 0.121. The van der Waals surface area contributed by atoms with Crippen LogP contribution in [-0.2, 0) is 36.0 Å². The van der Waals surface area contributed by atoms with Gasteiger partial charge in [-0.3, -0.25) is 14.0 Å². The fraction of sp³-hybridized carbons (Fsp3) is 0.270. The highest BCUT2D eigenvalue weighted by Crippen LogP contribution is 2.36. The number of furan rings is 1. The van der Waals surface area contributed by atoms with Gasteiger partial charge >= 0.3 is 0 Å². The Balaban J connectivity index is 1.20. The van der Waals surface area contributed by atoms with Crippen LogP contribution >= 0.6 is 11.6 Å². The number of anilines is 1. The van der Waals surface area contributed by atoms with E-state index in [9.17, 15) is 13.2 Å². The number of carbonyl (C=O) groups is 1. The molecule has 0 spiro atoms. The summed E-state index contributed by atoms with van der Waals surface area (Å²) < 4.78 is 39.5. The van der Waals surface area contributed by atoms with Crippen molar-refractivity contribution in [2.75, 3.05) is 30.3 Å². The van der Waals surface area contributed by atoms with Crippen molar-refractivity contribution in [3.05, 3.63) is 130 Å². The number of aryl methyl sites for hydroxylation is 2. The van der Waals surface area contributed by atoms with Gasteiger partial charge in [0.25, 0.3) is 0 Å². The number of ether oxygens (including phenoxy) is 1. The minimum Gasteiger partial charge on any atom is -0.488 e. The fourth-order valence-electron chi connectivity index (χ4n) is 6.01. The van der Waals surface area contributed by atoms with Gasteiger partial charge in [0, 0.05) is 36.0 Å². The van der Waals surface area contributed by atoms with Gasteiger partial charge < -0.3 is 9.15 Å². The first-order chi connectivity index (χ1) is 22.3. The highest BCUT2D eigenvalue weighted by Gasteiger charge is 2.24. The highest BCUT2D eigenvalue weighted by atomic mass is 35.5. The number of rotatable bonds is 13. The maximum Gasteiger partial charge on any atom is 0.232 e. The molecule has 0 amide bonds. The number of hydrogen-bond acceptors (Lipinski definition) is 6. The average Bonchev–Trinajstić information content (AvgIpc) is 3.44. The zero-order valence-electron chi connectivity index (χ0n) is 25.8. The van der Waals surface area contributed by atoms with E-state index < -0.39 is 10.0 Å². The minimum atomic E-state index is -3.70. The van der Waals surface area contributed by atoms with Crippen molar-refractivity contribution in [1.82, 2.24) is 4.90 Å². The van der Waals surface area contributed by atoms with E-state index in [1.165, 1.54) is 16.3 Å². The first-order valence-corrected chi connectivity index (χ1v) is 17.8. The second kappa shape index (κ2) is 14.1. The van der Waals surface area contributed by atoms with E-state index >= 15 is 0 Å². The van der Waals surface area contributed by atoms with Crippen LogP contribution < -0.4 is 9.04 Å². The zero-order valence-corrected chi connectivity index (χ0v) is 27.4. The van der Waals surface area contributed by atoms with Crippen LogP contribution in [0.2, 0.25) is 5.02 Å². The van der Waals surface area contributed by atoms with Crippen molar-refractivity contribution >= 4 is 44.1 Å². The van der Waals surface area contributed by atoms with Crippen LogP contribution in [0.25, 0.3) is 11.0 Å². The van der Waals surface area contributed by atoms with E-state index in [1.54, 1.807) is 18.2 Å². The molecule has 4 aromatic carbocycles. The predicted octanol–water partition coefficient (Wildman–Crippen LogP) is 7.70. The number of nitrogens with zero attached hydrogens (tertiary/aromatic N) is 2. The number of carbonyl (C=O) groups excluding carboxylic acids is 1. The summed E-state index contributed by atoms with van der Waals surface area (Å²) >= 11 is 6.53. The molecule has 0 saturated carbocycles. The summed E-state index contributed by atoms with van der Waals surface area (Å²) in [4.78, 5) is 15.8. The summed E-state index contributed by atoms with van der Waals surface area (Å²) in [6.45, 7) is 1.59. The fourth-order valence-corrected chi connectivity index (χ4v) is 7.17. The minimum absolute atomic E-state index is 0.0971. The maximum absolute atomic E-state index is 13.8. The predicted molar refractivity (Wildman–Crippen MR) is 183 cm³/mol. The number of ketones is 1. The number of hydrogen-bond donors (Lipinski definition) is 0. The molecule has 9 heteroatoms. The van der Waals surface area contributed by atoms with Gasteiger partial charge in [0.2, 0.25) is 10.0 Å². The van der Waals surface area contributed by atoms with Gasteiger partial charge in [0.1, 0.15) is 12.4 Å². The number of fused-ring (bicyclic) bond motifs is 3. The van der Waals surface area contributed by atoms with E-state index in [4.69, 9.17) is 20.8 Å². The molecule has 0 aliphatic heterocycles. The number of Topliss-reactive ketones (excluding diaryl/α,β-unsaturated/α-hetero) is 1. The van der Waals surface area contributed by atoms with Gasteiger partial charge in [-0.2, -0.15) is 0 Å². The van der Waals surface area contributed by atoms with Crippen LogP contribution in [0.1, 0.15) is 45.7 Å². The lowest BCUT2D eigenvalue weighted by Crippen LogP contribution is -2.33. The molecule has 5 aromatic rings. The Bertz CT molecular complexity index is 1930. The molecule has 1 aromatic heterocycles. The Kier molecular flexibility index (Phi) is 9.78. The molecule has 0 radical (unpaired) electrons. The van der Waals surface area contributed by atoms with Crippen LogP contribution in [0.3, 0.4) is 0 Å². The zero-order chi connectivity index (χ0) is 32.1. The average molecular weight is 657 g/mol. The Morgan fingerprint density at radius 3 is 2.28 bits per heavy atom. The molecule has 6 rings (SSSR count). The van der Waals surface area contributed by atoms with E-state index in [1.807, 2.05) is 77.7 Å². The molecule has 1 aliphatic rings. The third kappa shape index (κ3) is 7.47. The smallest absolute Gasteiger partial charge is 0.232 e. The summed E-state index contributed by atoms with van der Waals surface area (Å²) in [5.41, 5.74) is 4.61. The molecule has 0 bridgehead atoms. The van der Waals surface area contributed by atoms with Crippen molar-refractivity contribution in [1.29, 1.82) is 0 Å². The highest BCUT2D eigenvalue weighted by molar-refractivity contribution is 7.92. The van der Waals surface area contributed by atoms with E-state index in [0.717, 1.165) is 53.4 Å². The second-order valence-corrected chi connectivity index (χ2v) is 14.0. The molecule has 46 heavy (non-hydrogen) atoms. The molecule has 1 aliphatic carbocycles. The van der Waals surface area contributed by atoms with Gasteiger partial charge in [-0.15, -0.1) is 0 Å². The number of para-hydroxylation sites is 1. The second-order valence-electron chi connectivity index (χ2n) is 11.7. The lowest BCUT2D eigenvalue weighted by molar-refractivity contribution is 0.0912. The van der Waals surface area contributed by atoms with Crippen LogP contribution in [0.5, 0.6) is 5.75 Å². The van der Waals surface area contributed by atoms with Crippen LogP contribution in [-0.4, -0.2) is 45.1 Å². The summed E-state index contributed by atoms with van der Waals surface area (Å²) in [6.07, 6.45) is 5.43. The van der Waals surface area contributed by atoms with Crippen LogP contribution in [0, 0.1) is 0 Å². The lowest BCUT2D eigenvalue weighted by Gasteiger charge is -2.25. The largest absolute Gasteiger partial charge is 0.488 e. The van der Waals surface area contributed by atoms with E-state index in [-0.39, 0.29) is 29.6 Å². The van der Waals surface area contributed by atoms with Crippen LogP contribution in [0.4, 0.5) is 5.69 Å². The lowest BCUT2D eigenvalue weighted by atomic mass is 9.96. The first-order valence-electron chi connectivity index (χ1n) is 15.5. The van der Waals surface area contributed by atoms with Gasteiger partial charge in [-0.1, -0.05) is 84.4 Å². The number of benzene rings is 4. The molecule has 0 fully saturated rings. The Morgan fingerprint density at radius 2 is 1.57 bits per heavy atom. The summed E-state index contributed by atoms with van der Waals surface area (Å²) in [6, 6.07) is 30.1. The Morgan fingerprint density at radius 1 is 0.870 bits per heavy atom. The third-order valence-corrected chi connectivity index (χ3v) is 9.78. The van der Waals surface area contributed by atoms with Crippen molar-refractivity contribution < 1.29 is 22.4 Å². The summed E-state index contributed by atoms with van der Waals surface area (Å²) in [7, 11) is -3.70. The normalized spacial score (nSPS) is 13.1. The van der Waals surface area contributed by atoms with Crippen molar-refractivity contribution in [2.24, 2.45) is 0 Å². The molecular formula is C37H37ClN2O5S. The van der Waals surface area contributed by atoms with Gasteiger partial charge in [-0.05, 0) is 54.7 Å². The van der Waals surface area contributed by atoms with E-state index in [2.05, 4.69) is 6.07 Å². The molecule has 0 atom stereocenters. The first kappa shape index (κ1) is 31.9. The van der Waals surface area contributed by atoms with Gasteiger partial charge in [0.15, 0.2) is 17.1 Å². The molecule has 238 valence electrons. The third-order valence-electron chi connectivity index (χ3n) is 8.33. The molecule has 0 saturated heterocycles. The molecule has 1 heterocycles. The summed E-state index contributed by atoms with van der Waals surface area (Å²) in [5.74, 6) is 1.62. The molecule has 7 nitrogen and oxygen atoms in total. The Labute approximate surface area is 275 Å². The summed E-state index contributed by atoms with van der Waals surface area (Å²) in [5, 5.41) is 1.37. The topological polar surface area (TPSA) is 80.1 Å². The molecular weight excluding hydrogens is 620 g/mol. The maximum atomic E-state index is 13.8. The Hall–Kier alpha value is -4.11. The monoisotopic (exact) mass is 656 g/mol. The number of halogens is 1. The van der Waals surface area contributed by atoms with Crippen molar-refractivity contribution in [3.8, 4) is 5.75 Å². The number of sulfonamides is 1. The molecule has 0 unspecified atom stereocenters. The van der Waals surface area contributed by atoms with Gasteiger partial charge in [-0.25, -0.2) is 8.42 Å². The van der Waals surface area contributed by atoms with Gasteiger partial charge in [0.05, 0.1) is 30.1 Å². The van der Waals surface area contributed by atoms with E-state index in [0.29, 0.717) is 31.0 Å². The van der Waals surface area contributed by atoms with Crippen molar-refractivity contribution in [2.45, 2.75) is 38.8 Å². The standard InChI is InChI=1S/C37H37ClN2O5S/c1-46(42,43)40(25-28-13-6-3-7-14-28)33-23-29(19-20-32(33)38)34(41)26-39(24-27-11-4-2-5-12-27)21-22-44-36-18-10-16-31-30-15-8-9-17-35(30)45-37(31)36/h2-7,10-14,16,18-20,23H,8-9,15,17,21-22,24-26H2,1H3. The van der Waals surface area contributed by atoms with Crippen LogP contribution in [0.15, 0.2) is 101 Å². The molecule has 0 N–H and O–H groups in total.